The number of thiophene rings is 1. The Kier molecular flexibility index (Phi) is 5.73. The van der Waals surface area contributed by atoms with E-state index in [0.29, 0.717) is 28.3 Å². The van der Waals surface area contributed by atoms with Gasteiger partial charge in [-0.3, -0.25) is 0 Å². The van der Waals surface area contributed by atoms with E-state index in [0.717, 1.165) is 60.8 Å². The first-order chi connectivity index (χ1) is 17.0. The molecular weight excluding hydrogens is 458 g/mol. The highest BCUT2D eigenvalue weighted by atomic mass is 32.1. The molecule has 0 bridgehead atoms. The van der Waals surface area contributed by atoms with E-state index in [1.54, 1.807) is 17.4 Å². The van der Waals surface area contributed by atoms with Crippen molar-refractivity contribution in [2.45, 2.75) is 45.6 Å². The molecule has 6 rings (SSSR count). The smallest absolute Gasteiger partial charge is 0.336 e. The maximum Gasteiger partial charge on any atom is 0.336 e. The fourth-order valence-corrected chi connectivity index (χ4v) is 6.87. The van der Waals surface area contributed by atoms with E-state index in [1.807, 2.05) is 31.2 Å². The lowest BCUT2D eigenvalue weighted by molar-refractivity contribution is -0.0150. The van der Waals surface area contributed by atoms with Gasteiger partial charge in [0.2, 0.25) is 0 Å². The van der Waals surface area contributed by atoms with Gasteiger partial charge >= 0.3 is 5.97 Å². The molecule has 5 nitrogen and oxygen atoms in total. The molecule has 1 aliphatic heterocycles. The number of carbonyl (C=O) groups is 1. The number of benzene rings is 2. The Hall–Kier alpha value is -2.96. The zero-order chi connectivity index (χ0) is 24.1. The number of aromatic nitrogens is 1. The van der Waals surface area contributed by atoms with Crippen LogP contribution in [-0.4, -0.2) is 35.4 Å². The fourth-order valence-electron chi connectivity index (χ4n) is 5.70. The first-order valence-electron chi connectivity index (χ1n) is 12.4. The van der Waals surface area contributed by atoms with E-state index in [9.17, 15) is 9.90 Å². The number of aromatic carboxylic acids is 1. The van der Waals surface area contributed by atoms with Crippen LogP contribution < -0.4 is 4.74 Å². The molecule has 1 saturated carbocycles. The van der Waals surface area contributed by atoms with Crippen molar-refractivity contribution in [2.24, 2.45) is 11.8 Å². The first-order valence-corrected chi connectivity index (χ1v) is 13.2. The van der Waals surface area contributed by atoms with Crippen LogP contribution in [0.3, 0.4) is 0 Å². The molecule has 0 unspecified atom stereocenters. The molecule has 0 atom stereocenters. The third-order valence-electron chi connectivity index (χ3n) is 7.79. The van der Waals surface area contributed by atoms with E-state index in [4.69, 9.17) is 14.5 Å². The molecule has 35 heavy (non-hydrogen) atoms. The van der Waals surface area contributed by atoms with Gasteiger partial charge in [0, 0.05) is 17.9 Å². The molecule has 0 radical (unpaired) electrons. The zero-order valence-corrected chi connectivity index (χ0v) is 20.9. The Labute approximate surface area is 208 Å². The Morgan fingerprint density at radius 3 is 2.60 bits per heavy atom. The van der Waals surface area contributed by atoms with E-state index in [1.165, 1.54) is 10.1 Å². The molecule has 180 valence electrons. The van der Waals surface area contributed by atoms with Crippen LogP contribution in [0.5, 0.6) is 5.75 Å². The lowest BCUT2D eigenvalue weighted by atomic mass is 9.71. The summed E-state index contributed by atoms with van der Waals surface area (Å²) in [6, 6.07) is 13.9. The third kappa shape index (κ3) is 3.99. The molecule has 3 heterocycles. The van der Waals surface area contributed by atoms with Crippen molar-refractivity contribution in [3.05, 3.63) is 59.2 Å². The summed E-state index contributed by atoms with van der Waals surface area (Å²) in [7, 11) is 0. The average Bonchev–Trinajstić information content (AvgIpc) is 3.19. The molecule has 1 saturated heterocycles. The lowest BCUT2D eigenvalue weighted by Gasteiger charge is -2.41. The molecule has 2 fully saturated rings. The minimum Gasteiger partial charge on any atom is -0.490 e. The van der Waals surface area contributed by atoms with Gasteiger partial charge in [-0.25, -0.2) is 9.78 Å². The predicted octanol–water partition coefficient (Wildman–Crippen LogP) is 7.02. The minimum absolute atomic E-state index is 0.125. The Bertz CT molecular complexity index is 1430. The SMILES string of the molecule is Cc1c(-c2cc(C(=O)O)c3c(O[C@H]4C[C@@H](C5CCOCC5)C4)ccc(C)c3n2)sc2ccccc12. The molecule has 6 heteroatoms. The molecular formula is C29H29NO4S. The van der Waals surface area contributed by atoms with Gasteiger partial charge < -0.3 is 14.6 Å². The third-order valence-corrected chi connectivity index (χ3v) is 9.08. The summed E-state index contributed by atoms with van der Waals surface area (Å²) in [5, 5.41) is 12.0. The Morgan fingerprint density at radius 1 is 1.09 bits per heavy atom. The summed E-state index contributed by atoms with van der Waals surface area (Å²) in [5.41, 5.74) is 3.74. The van der Waals surface area contributed by atoms with Crippen LogP contribution in [0.4, 0.5) is 0 Å². The number of fused-ring (bicyclic) bond motifs is 2. The first kappa shape index (κ1) is 22.5. The van der Waals surface area contributed by atoms with Crippen LogP contribution in [0.25, 0.3) is 31.6 Å². The van der Waals surface area contributed by atoms with Crippen LogP contribution in [0.1, 0.15) is 47.2 Å². The van der Waals surface area contributed by atoms with Crippen molar-refractivity contribution in [3.63, 3.8) is 0 Å². The lowest BCUT2D eigenvalue weighted by Crippen LogP contribution is -2.39. The van der Waals surface area contributed by atoms with Gasteiger partial charge in [0.15, 0.2) is 0 Å². The minimum atomic E-state index is -0.957. The number of hydrogen-bond donors (Lipinski definition) is 1. The van der Waals surface area contributed by atoms with Crippen LogP contribution in [0.15, 0.2) is 42.5 Å². The van der Waals surface area contributed by atoms with E-state index < -0.39 is 5.97 Å². The van der Waals surface area contributed by atoms with E-state index >= 15 is 0 Å². The highest BCUT2D eigenvalue weighted by molar-refractivity contribution is 7.22. The Morgan fingerprint density at radius 2 is 1.86 bits per heavy atom. The molecule has 2 aromatic carbocycles. The quantitative estimate of drug-likeness (QED) is 0.328. The summed E-state index contributed by atoms with van der Waals surface area (Å²) >= 11 is 1.66. The number of carboxylic acids is 1. The molecule has 2 aromatic heterocycles. The second kappa shape index (κ2) is 8.92. The van der Waals surface area contributed by atoms with Crippen molar-refractivity contribution in [1.29, 1.82) is 0 Å². The van der Waals surface area contributed by atoms with Gasteiger partial charge in [-0.1, -0.05) is 24.3 Å². The number of aryl methyl sites for hydroxylation is 2. The van der Waals surface area contributed by atoms with Crippen molar-refractivity contribution in [2.75, 3.05) is 13.2 Å². The van der Waals surface area contributed by atoms with Gasteiger partial charge in [-0.15, -0.1) is 11.3 Å². The standard InChI is InChI=1S/C29H29NO4S/c1-16-7-8-24(34-20-13-19(14-20)18-9-11-33-12-10-18)26-22(29(31)32)15-23(30-27(16)26)28-17(2)21-5-3-4-6-25(21)35-28/h3-8,15,18-20H,9-14H2,1-2H3,(H,31,32)/t19-,20+. The maximum atomic E-state index is 12.5. The van der Waals surface area contributed by atoms with E-state index in [2.05, 4.69) is 19.1 Å². The summed E-state index contributed by atoms with van der Waals surface area (Å²) in [6.07, 6.45) is 4.44. The van der Waals surface area contributed by atoms with Crippen LogP contribution in [0.2, 0.25) is 0 Å². The second-order valence-electron chi connectivity index (χ2n) is 9.94. The molecule has 1 N–H and O–H groups in total. The fraction of sp³-hybridized carbons (Fsp3) is 0.379. The molecule has 1 aliphatic carbocycles. The summed E-state index contributed by atoms with van der Waals surface area (Å²) in [5.74, 6) is 1.08. The van der Waals surface area contributed by atoms with Gasteiger partial charge in [-0.05, 0) is 86.1 Å². The van der Waals surface area contributed by atoms with Gasteiger partial charge in [0.25, 0.3) is 0 Å². The van der Waals surface area contributed by atoms with E-state index in [-0.39, 0.29) is 11.7 Å². The number of nitrogens with zero attached hydrogens (tertiary/aromatic N) is 1. The summed E-state index contributed by atoms with van der Waals surface area (Å²) in [4.78, 5) is 18.5. The molecule has 2 aliphatic rings. The largest absolute Gasteiger partial charge is 0.490 e. The van der Waals surface area contributed by atoms with Crippen molar-refractivity contribution >= 4 is 38.3 Å². The van der Waals surface area contributed by atoms with Crippen molar-refractivity contribution < 1.29 is 19.4 Å². The van der Waals surface area contributed by atoms with Crippen LogP contribution >= 0.6 is 11.3 Å². The highest BCUT2D eigenvalue weighted by Crippen LogP contribution is 2.43. The average molecular weight is 488 g/mol. The number of carboxylic acid groups (broad SMARTS) is 1. The highest BCUT2D eigenvalue weighted by Gasteiger charge is 2.37. The topological polar surface area (TPSA) is 68.7 Å². The number of rotatable bonds is 5. The zero-order valence-electron chi connectivity index (χ0n) is 20.0. The Balaban J connectivity index is 1.37. The van der Waals surface area contributed by atoms with Gasteiger partial charge in [0.1, 0.15) is 5.75 Å². The second-order valence-corrected chi connectivity index (χ2v) is 11.0. The normalized spacial score (nSPS) is 20.7. The van der Waals surface area contributed by atoms with Crippen LogP contribution in [0, 0.1) is 25.7 Å². The van der Waals surface area contributed by atoms with Crippen molar-refractivity contribution in [1.82, 2.24) is 4.98 Å². The van der Waals surface area contributed by atoms with Gasteiger partial charge in [-0.2, -0.15) is 0 Å². The number of ether oxygens (including phenoxy) is 2. The monoisotopic (exact) mass is 487 g/mol. The van der Waals surface area contributed by atoms with Gasteiger partial charge in [0.05, 0.1) is 33.1 Å². The molecule has 4 aromatic rings. The maximum absolute atomic E-state index is 12.5. The summed E-state index contributed by atoms with van der Waals surface area (Å²) < 4.78 is 13.1. The summed E-state index contributed by atoms with van der Waals surface area (Å²) in [6.45, 7) is 5.80. The number of pyridine rings is 1. The molecule has 0 spiro atoms. The van der Waals surface area contributed by atoms with Crippen LogP contribution in [-0.2, 0) is 4.74 Å². The van der Waals surface area contributed by atoms with Crippen molar-refractivity contribution in [3.8, 4) is 16.3 Å². The molecule has 0 amide bonds. The predicted molar refractivity (Wildman–Crippen MR) is 140 cm³/mol. The number of hydrogen-bond acceptors (Lipinski definition) is 5.